The molecule has 1 aromatic heterocycles. The van der Waals surface area contributed by atoms with Crippen molar-refractivity contribution in [3.8, 4) is 0 Å². The number of rotatable bonds is 3. The quantitative estimate of drug-likeness (QED) is 0.755. The Morgan fingerprint density at radius 2 is 2.08 bits per heavy atom. The summed E-state index contributed by atoms with van der Waals surface area (Å²) in [6, 6.07) is 4.27. The van der Waals surface area contributed by atoms with Crippen LogP contribution in [0.2, 0.25) is 0 Å². The van der Waals surface area contributed by atoms with E-state index in [1.165, 1.54) is 5.69 Å². The molecule has 0 aliphatic heterocycles. The third-order valence-electron chi connectivity index (χ3n) is 2.06. The highest BCUT2D eigenvalue weighted by molar-refractivity contribution is 5.07. The predicted molar refractivity (Wildman–Crippen MR) is 56.7 cm³/mol. The van der Waals surface area contributed by atoms with Gasteiger partial charge in [-0.05, 0) is 39.8 Å². The lowest BCUT2D eigenvalue weighted by atomic mass is 10.1. The van der Waals surface area contributed by atoms with E-state index in [0.717, 1.165) is 13.1 Å². The van der Waals surface area contributed by atoms with Crippen molar-refractivity contribution in [1.82, 2.24) is 9.88 Å². The van der Waals surface area contributed by atoms with Gasteiger partial charge in [-0.15, -0.1) is 0 Å². The highest BCUT2D eigenvalue weighted by atomic mass is 15.0. The van der Waals surface area contributed by atoms with Gasteiger partial charge in [0.15, 0.2) is 0 Å². The largest absolute Gasteiger partial charge is 0.351 e. The van der Waals surface area contributed by atoms with Crippen LogP contribution < -0.4 is 5.32 Å². The van der Waals surface area contributed by atoms with Crippen LogP contribution >= 0.6 is 0 Å². The summed E-state index contributed by atoms with van der Waals surface area (Å²) in [5.41, 5.74) is 1.56. The molecule has 1 rings (SSSR count). The van der Waals surface area contributed by atoms with Gasteiger partial charge < -0.3 is 9.88 Å². The molecule has 0 fully saturated rings. The van der Waals surface area contributed by atoms with E-state index in [0.29, 0.717) is 0 Å². The van der Waals surface area contributed by atoms with Crippen LogP contribution in [-0.2, 0) is 13.1 Å². The zero-order chi connectivity index (χ0) is 9.90. The van der Waals surface area contributed by atoms with Gasteiger partial charge in [0.1, 0.15) is 0 Å². The van der Waals surface area contributed by atoms with E-state index in [-0.39, 0.29) is 5.54 Å². The minimum Gasteiger partial charge on any atom is -0.351 e. The molecule has 74 valence electrons. The lowest BCUT2D eigenvalue weighted by molar-refractivity contribution is 0.416. The van der Waals surface area contributed by atoms with E-state index in [1.54, 1.807) is 0 Å². The fraction of sp³-hybridized carbons (Fsp3) is 0.636. The van der Waals surface area contributed by atoms with Gasteiger partial charge in [-0.1, -0.05) is 0 Å². The molecule has 1 aromatic rings. The van der Waals surface area contributed by atoms with Crippen molar-refractivity contribution in [2.45, 2.75) is 46.3 Å². The summed E-state index contributed by atoms with van der Waals surface area (Å²) in [5, 5.41) is 3.48. The van der Waals surface area contributed by atoms with Crippen LogP contribution in [0.5, 0.6) is 0 Å². The fourth-order valence-corrected chi connectivity index (χ4v) is 1.27. The van der Waals surface area contributed by atoms with Gasteiger partial charge in [-0.25, -0.2) is 0 Å². The van der Waals surface area contributed by atoms with E-state index < -0.39 is 0 Å². The number of aromatic nitrogens is 1. The zero-order valence-electron chi connectivity index (χ0n) is 9.09. The Morgan fingerprint density at radius 3 is 2.62 bits per heavy atom. The molecular weight excluding hydrogens is 160 g/mol. The first-order chi connectivity index (χ1) is 6.03. The van der Waals surface area contributed by atoms with Crippen molar-refractivity contribution in [1.29, 1.82) is 0 Å². The summed E-state index contributed by atoms with van der Waals surface area (Å²) in [4.78, 5) is 0. The zero-order valence-corrected chi connectivity index (χ0v) is 9.09. The summed E-state index contributed by atoms with van der Waals surface area (Å²) >= 11 is 0. The topological polar surface area (TPSA) is 17.0 Å². The Morgan fingerprint density at radius 1 is 1.38 bits per heavy atom. The molecule has 2 nitrogen and oxygen atoms in total. The van der Waals surface area contributed by atoms with Crippen molar-refractivity contribution >= 4 is 0 Å². The van der Waals surface area contributed by atoms with Crippen LogP contribution in [0.1, 0.15) is 33.4 Å². The molecule has 0 amide bonds. The van der Waals surface area contributed by atoms with Gasteiger partial charge in [0.05, 0.1) is 0 Å². The molecule has 1 N–H and O–H groups in total. The normalized spacial score (nSPS) is 12.0. The Balaban J connectivity index is 2.54. The maximum Gasteiger partial charge on any atom is 0.0363 e. The molecule has 0 atom stereocenters. The minimum absolute atomic E-state index is 0.197. The first-order valence-corrected chi connectivity index (χ1v) is 4.92. The standard InChI is InChI=1S/C11H20N2/c1-5-13-8-6-7-10(13)9-12-11(2,3)4/h6-8,12H,5,9H2,1-4H3. The average Bonchev–Trinajstić information content (AvgIpc) is 2.46. The summed E-state index contributed by atoms with van der Waals surface area (Å²) in [6.45, 7) is 10.7. The van der Waals surface area contributed by atoms with E-state index in [2.05, 4.69) is 55.9 Å². The minimum atomic E-state index is 0.197. The number of hydrogen-bond donors (Lipinski definition) is 1. The van der Waals surface area contributed by atoms with E-state index in [9.17, 15) is 0 Å². The second-order valence-electron chi connectivity index (χ2n) is 4.39. The first-order valence-electron chi connectivity index (χ1n) is 4.92. The molecule has 0 radical (unpaired) electrons. The number of nitrogens with zero attached hydrogens (tertiary/aromatic N) is 1. The smallest absolute Gasteiger partial charge is 0.0363 e. The molecule has 1 heterocycles. The number of hydrogen-bond acceptors (Lipinski definition) is 1. The first kappa shape index (κ1) is 10.3. The third kappa shape index (κ3) is 3.23. The SMILES string of the molecule is CCn1cccc1CNC(C)(C)C. The van der Waals surface area contributed by atoms with Gasteiger partial charge in [-0.2, -0.15) is 0 Å². The summed E-state index contributed by atoms with van der Waals surface area (Å²) in [6.07, 6.45) is 2.12. The van der Waals surface area contributed by atoms with Crippen LogP contribution in [0, 0.1) is 0 Å². The second kappa shape index (κ2) is 3.97. The predicted octanol–water partition coefficient (Wildman–Crippen LogP) is 2.40. The fourth-order valence-electron chi connectivity index (χ4n) is 1.27. The highest BCUT2D eigenvalue weighted by Gasteiger charge is 2.09. The van der Waals surface area contributed by atoms with Gasteiger partial charge in [0, 0.05) is 30.5 Å². The Labute approximate surface area is 81.0 Å². The molecular formula is C11H20N2. The molecule has 0 aliphatic rings. The Bertz CT molecular complexity index is 255. The number of nitrogens with one attached hydrogen (secondary N) is 1. The molecule has 0 unspecified atom stereocenters. The van der Waals surface area contributed by atoms with Crippen molar-refractivity contribution in [3.63, 3.8) is 0 Å². The van der Waals surface area contributed by atoms with Crippen LogP contribution in [0.25, 0.3) is 0 Å². The lowest BCUT2D eigenvalue weighted by Crippen LogP contribution is -2.35. The molecule has 0 bridgehead atoms. The van der Waals surface area contributed by atoms with Gasteiger partial charge in [-0.3, -0.25) is 0 Å². The molecule has 2 heteroatoms. The van der Waals surface area contributed by atoms with Crippen molar-refractivity contribution in [2.24, 2.45) is 0 Å². The molecule has 0 spiro atoms. The summed E-state index contributed by atoms with van der Waals surface area (Å²) in [5.74, 6) is 0. The van der Waals surface area contributed by atoms with Crippen molar-refractivity contribution in [3.05, 3.63) is 24.0 Å². The van der Waals surface area contributed by atoms with Crippen LogP contribution in [0.3, 0.4) is 0 Å². The highest BCUT2D eigenvalue weighted by Crippen LogP contribution is 2.05. The van der Waals surface area contributed by atoms with Gasteiger partial charge >= 0.3 is 0 Å². The summed E-state index contributed by atoms with van der Waals surface area (Å²) < 4.78 is 2.26. The maximum absolute atomic E-state index is 3.48. The van der Waals surface area contributed by atoms with Crippen LogP contribution in [-0.4, -0.2) is 10.1 Å². The molecule has 0 aromatic carbocycles. The van der Waals surface area contributed by atoms with Gasteiger partial charge in [0.2, 0.25) is 0 Å². The Kier molecular flexibility index (Phi) is 3.15. The average molecular weight is 180 g/mol. The molecule has 0 saturated heterocycles. The van der Waals surface area contributed by atoms with Crippen LogP contribution in [0.15, 0.2) is 18.3 Å². The molecule has 0 aliphatic carbocycles. The monoisotopic (exact) mass is 180 g/mol. The summed E-state index contributed by atoms with van der Waals surface area (Å²) in [7, 11) is 0. The van der Waals surface area contributed by atoms with E-state index in [1.807, 2.05) is 0 Å². The van der Waals surface area contributed by atoms with Gasteiger partial charge in [0.25, 0.3) is 0 Å². The molecule has 13 heavy (non-hydrogen) atoms. The van der Waals surface area contributed by atoms with E-state index >= 15 is 0 Å². The Hall–Kier alpha value is -0.760. The molecule has 0 saturated carbocycles. The van der Waals surface area contributed by atoms with Crippen molar-refractivity contribution in [2.75, 3.05) is 0 Å². The van der Waals surface area contributed by atoms with E-state index in [4.69, 9.17) is 0 Å². The lowest BCUT2D eigenvalue weighted by Gasteiger charge is -2.21. The third-order valence-corrected chi connectivity index (χ3v) is 2.06. The van der Waals surface area contributed by atoms with Crippen molar-refractivity contribution < 1.29 is 0 Å². The van der Waals surface area contributed by atoms with Crippen LogP contribution in [0.4, 0.5) is 0 Å². The second-order valence-corrected chi connectivity index (χ2v) is 4.39. The number of aryl methyl sites for hydroxylation is 1. The maximum atomic E-state index is 3.48.